The van der Waals surface area contributed by atoms with Crippen LogP contribution in [-0.4, -0.2) is 56.2 Å². The van der Waals surface area contributed by atoms with Crippen molar-refractivity contribution in [3.63, 3.8) is 0 Å². The third kappa shape index (κ3) is 5.71. The minimum Gasteiger partial charge on any atom is -0.363 e. The minimum absolute atomic E-state index is 0.115. The standard InChI is InChI=1S/C17H29N5O/c1-4-22-10-6-7-14(13-22)11-18-17(23)19-12-15-8-5-9-16(20-15)21(2)3/h5,8-9,14H,4,6-7,10-13H2,1-3H3,(H2,18,19,23)/t14-/m0/s1. The molecule has 6 heteroatoms. The molecular weight excluding hydrogens is 290 g/mol. The fourth-order valence-electron chi connectivity index (χ4n) is 2.89. The summed E-state index contributed by atoms with van der Waals surface area (Å²) < 4.78 is 0. The number of amides is 2. The van der Waals surface area contributed by atoms with Crippen LogP contribution >= 0.6 is 0 Å². The lowest BCUT2D eigenvalue weighted by molar-refractivity contribution is 0.179. The first kappa shape index (κ1) is 17.5. The molecule has 2 heterocycles. The number of piperidine rings is 1. The number of urea groups is 1. The largest absolute Gasteiger partial charge is 0.363 e. The van der Waals surface area contributed by atoms with Gasteiger partial charge in [-0.1, -0.05) is 13.0 Å². The second-order valence-electron chi connectivity index (χ2n) is 6.35. The topological polar surface area (TPSA) is 60.5 Å². The van der Waals surface area contributed by atoms with Crippen LogP contribution in [0.5, 0.6) is 0 Å². The summed E-state index contributed by atoms with van der Waals surface area (Å²) >= 11 is 0. The zero-order valence-corrected chi connectivity index (χ0v) is 14.5. The van der Waals surface area contributed by atoms with Gasteiger partial charge in [-0.15, -0.1) is 0 Å². The molecule has 0 radical (unpaired) electrons. The smallest absolute Gasteiger partial charge is 0.315 e. The average Bonchev–Trinajstić information content (AvgIpc) is 2.58. The lowest BCUT2D eigenvalue weighted by atomic mass is 9.98. The quantitative estimate of drug-likeness (QED) is 0.837. The highest BCUT2D eigenvalue weighted by molar-refractivity contribution is 5.73. The van der Waals surface area contributed by atoms with E-state index >= 15 is 0 Å². The van der Waals surface area contributed by atoms with E-state index in [0.717, 1.165) is 31.1 Å². The second kappa shape index (κ2) is 8.72. The van der Waals surface area contributed by atoms with Crippen LogP contribution in [0.15, 0.2) is 18.2 Å². The third-order valence-electron chi connectivity index (χ3n) is 4.28. The van der Waals surface area contributed by atoms with Crippen molar-refractivity contribution in [1.82, 2.24) is 20.5 Å². The summed E-state index contributed by atoms with van der Waals surface area (Å²) in [5, 5.41) is 5.87. The van der Waals surface area contributed by atoms with E-state index in [-0.39, 0.29) is 6.03 Å². The normalized spacial score (nSPS) is 18.5. The van der Waals surface area contributed by atoms with E-state index < -0.39 is 0 Å². The molecule has 1 saturated heterocycles. The van der Waals surface area contributed by atoms with Gasteiger partial charge in [-0.05, 0) is 44.0 Å². The zero-order valence-electron chi connectivity index (χ0n) is 14.5. The Bertz CT molecular complexity index is 506. The Kier molecular flexibility index (Phi) is 6.65. The van der Waals surface area contributed by atoms with Gasteiger partial charge in [0.1, 0.15) is 5.82 Å². The molecule has 1 aliphatic rings. The van der Waals surface area contributed by atoms with E-state index in [1.54, 1.807) is 0 Å². The van der Waals surface area contributed by atoms with Crippen LogP contribution in [0.1, 0.15) is 25.5 Å². The maximum atomic E-state index is 12.0. The molecule has 128 valence electrons. The van der Waals surface area contributed by atoms with Crippen LogP contribution in [0, 0.1) is 5.92 Å². The van der Waals surface area contributed by atoms with E-state index in [4.69, 9.17) is 0 Å². The first-order valence-electron chi connectivity index (χ1n) is 8.45. The second-order valence-corrected chi connectivity index (χ2v) is 6.35. The molecule has 2 rings (SSSR count). The van der Waals surface area contributed by atoms with Gasteiger partial charge in [-0.3, -0.25) is 0 Å². The number of anilines is 1. The van der Waals surface area contributed by atoms with Crippen molar-refractivity contribution in [3.8, 4) is 0 Å². The minimum atomic E-state index is -0.115. The first-order valence-corrected chi connectivity index (χ1v) is 8.45. The van der Waals surface area contributed by atoms with Crippen LogP contribution in [0.25, 0.3) is 0 Å². The Morgan fingerprint density at radius 2 is 2.22 bits per heavy atom. The summed E-state index contributed by atoms with van der Waals surface area (Å²) in [6.45, 7) is 6.75. The van der Waals surface area contributed by atoms with Crippen molar-refractivity contribution in [2.45, 2.75) is 26.3 Å². The summed E-state index contributed by atoms with van der Waals surface area (Å²) in [5.41, 5.74) is 0.862. The van der Waals surface area contributed by atoms with E-state index in [0.29, 0.717) is 12.5 Å². The van der Waals surface area contributed by atoms with Crippen LogP contribution < -0.4 is 15.5 Å². The summed E-state index contributed by atoms with van der Waals surface area (Å²) in [6.07, 6.45) is 2.42. The molecule has 1 aromatic heterocycles. The van der Waals surface area contributed by atoms with Gasteiger partial charge in [0.15, 0.2) is 0 Å². The highest BCUT2D eigenvalue weighted by Gasteiger charge is 2.19. The Hall–Kier alpha value is -1.82. The molecular formula is C17H29N5O. The summed E-state index contributed by atoms with van der Waals surface area (Å²) in [5.74, 6) is 1.45. The number of carbonyl (C=O) groups excluding carboxylic acids is 1. The Morgan fingerprint density at radius 3 is 2.96 bits per heavy atom. The van der Waals surface area contributed by atoms with Gasteiger partial charge < -0.3 is 20.4 Å². The summed E-state index contributed by atoms with van der Waals surface area (Å²) in [4.78, 5) is 20.8. The zero-order chi connectivity index (χ0) is 16.7. The molecule has 0 spiro atoms. The number of pyridine rings is 1. The lowest BCUT2D eigenvalue weighted by Crippen LogP contribution is -2.43. The van der Waals surface area contributed by atoms with Crippen molar-refractivity contribution >= 4 is 11.8 Å². The van der Waals surface area contributed by atoms with E-state index in [1.807, 2.05) is 37.2 Å². The van der Waals surface area contributed by atoms with E-state index in [1.165, 1.54) is 19.4 Å². The molecule has 0 aromatic carbocycles. The van der Waals surface area contributed by atoms with Crippen molar-refractivity contribution in [3.05, 3.63) is 23.9 Å². The summed E-state index contributed by atoms with van der Waals surface area (Å²) in [7, 11) is 3.91. The number of hydrogen-bond acceptors (Lipinski definition) is 4. The number of aromatic nitrogens is 1. The Balaban J connectivity index is 1.72. The van der Waals surface area contributed by atoms with Crippen LogP contribution in [0.3, 0.4) is 0 Å². The number of likely N-dealkylation sites (tertiary alicyclic amines) is 1. The highest BCUT2D eigenvalue weighted by atomic mass is 16.2. The molecule has 2 N–H and O–H groups in total. The van der Waals surface area contributed by atoms with E-state index in [2.05, 4.69) is 27.4 Å². The molecule has 1 aromatic rings. The maximum Gasteiger partial charge on any atom is 0.315 e. The van der Waals surface area contributed by atoms with Crippen molar-refractivity contribution in [1.29, 1.82) is 0 Å². The lowest BCUT2D eigenvalue weighted by Gasteiger charge is -2.31. The fourth-order valence-corrected chi connectivity index (χ4v) is 2.89. The maximum absolute atomic E-state index is 12.0. The molecule has 1 aliphatic heterocycles. The molecule has 2 amide bonds. The Morgan fingerprint density at radius 1 is 1.39 bits per heavy atom. The van der Waals surface area contributed by atoms with Crippen LogP contribution in [0.4, 0.5) is 10.6 Å². The Labute approximate surface area is 139 Å². The molecule has 23 heavy (non-hydrogen) atoms. The number of nitrogens with one attached hydrogen (secondary N) is 2. The molecule has 0 unspecified atom stereocenters. The van der Waals surface area contributed by atoms with Crippen molar-refractivity contribution in [2.24, 2.45) is 5.92 Å². The number of carbonyl (C=O) groups is 1. The highest BCUT2D eigenvalue weighted by Crippen LogP contribution is 2.15. The van der Waals surface area contributed by atoms with Gasteiger partial charge in [-0.25, -0.2) is 9.78 Å². The molecule has 0 bridgehead atoms. The first-order chi connectivity index (χ1) is 11.1. The molecule has 1 atom stereocenters. The molecule has 6 nitrogen and oxygen atoms in total. The third-order valence-corrected chi connectivity index (χ3v) is 4.28. The van der Waals surface area contributed by atoms with Gasteiger partial charge in [-0.2, -0.15) is 0 Å². The average molecular weight is 319 g/mol. The number of rotatable bonds is 6. The summed E-state index contributed by atoms with van der Waals surface area (Å²) in [6, 6.07) is 5.72. The van der Waals surface area contributed by atoms with E-state index in [9.17, 15) is 4.79 Å². The molecule has 0 saturated carbocycles. The van der Waals surface area contributed by atoms with Gasteiger partial charge in [0.2, 0.25) is 0 Å². The predicted octanol–water partition coefficient (Wildman–Crippen LogP) is 1.68. The monoisotopic (exact) mass is 319 g/mol. The number of hydrogen-bond donors (Lipinski definition) is 2. The van der Waals surface area contributed by atoms with Crippen LogP contribution in [0.2, 0.25) is 0 Å². The molecule has 1 fully saturated rings. The number of nitrogens with zero attached hydrogens (tertiary/aromatic N) is 3. The van der Waals surface area contributed by atoms with Gasteiger partial charge >= 0.3 is 6.03 Å². The fraction of sp³-hybridized carbons (Fsp3) is 0.647. The van der Waals surface area contributed by atoms with Crippen molar-refractivity contribution < 1.29 is 4.79 Å². The SMILES string of the molecule is CCN1CCC[C@@H](CNC(=O)NCc2cccc(N(C)C)n2)C1. The van der Waals surface area contributed by atoms with Crippen molar-refractivity contribution in [2.75, 3.05) is 45.2 Å². The molecule has 0 aliphatic carbocycles. The van der Waals surface area contributed by atoms with Gasteiger partial charge in [0.25, 0.3) is 0 Å². The van der Waals surface area contributed by atoms with Gasteiger partial charge in [0.05, 0.1) is 12.2 Å². The predicted molar refractivity (Wildman–Crippen MR) is 93.6 cm³/mol. The van der Waals surface area contributed by atoms with Crippen LogP contribution in [-0.2, 0) is 6.54 Å². The van der Waals surface area contributed by atoms with Gasteiger partial charge in [0, 0.05) is 27.2 Å².